The summed E-state index contributed by atoms with van der Waals surface area (Å²) in [5, 5.41) is 2.89. The first-order chi connectivity index (χ1) is 13.7. The van der Waals surface area contributed by atoms with Crippen molar-refractivity contribution >= 4 is 11.9 Å². The lowest BCUT2D eigenvalue weighted by molar-refractivity contribution is -0.147. The smallest absolute Gasteiger partial charge is 0.308 e. The van der Waals surface area contributed by atoms with Crippen LogP contribution in [0.1, 0.15) is 25.7 Å². The van der Waals surface area contributed by atoms with Gasteiger partial charge >= 0.3 is 5.97 Å². The number of ether oxygens (including phenoxy) is 5. The molecule has 1 aliphatic rings. The molecule has 1 N–H and O–H groups in total. The van der Waals surface area contributed by atoms with Gasteiger partial charge in [-0.15, -0.1) is 6.42 Å². The molecule has 28 heavy (non-hydrogen) atoms. The number of hydrogen-bond acceptors (Lipinski definition) is 7. The minimum Gasteiger partial charge on any atom is -0.469 e. The predicted octanol–water partition coefficient (Wildman–Crippen LogP) is 0.782. The van der Waals surface area contributed by atoms with Crippen LogP contribution in [0.5, 0.6) is 0 Å². The van der Waals surface area contributed by atoms with E-state index in [2.05, 4.69) is 11.2 Å². The quantitative estimate of drug-likeness (QED) is 0.247. The Morgan fingerprint density at radius 3 is 1.89 bits per heavy atom. The van der Waals surface area contributed by atoms with Crippen molar-refractivity contribution in [1.82, 2.24) is 5.32 Å². The minimum absolute atomic E-state index is 0.0267. The van der Waals surface area contributed by atoms with Gasteiger partial charge in [-0.2, -0.15) is 0 Å². The second-order valence-electron chi connectivity index (χ2n) is 6.46. The van der Waals surface area contributed by atoms with Crippen LogP contribution in [0.25, 0.3) is 0 Å². The van der Waals surface area contributed by atoms with Gasteiger partial charge in [0.2, 0.25) is 5.91 Å². The summed E-state index contributed by atoms with van der Waals surface area (Å²) < 4.78 is 25.9. The normalized spacial score (nSPS) is 19.0. The molecular formula is C20H33NO7. The van der Waals surface area contributed by atoms with Crippen LogP contribution < -0.4 is 5.32 Å². The topological polar surface area (TPSA) is 92.3 Å². The van der Waals surface area contributed by atoms with Gasteiger partial charge in [0.1, 0.15) is 6.61 Å². The molecule has 0 aromatic carbocycles. The monoisotopic (exact) mass is 399 g/mol. The molecule has 1 aliphatic carbocycles. The van der Waals surface area contributed by atoms with Crippen molar-refractivity contribution in [3.8, 4) is 12.3 Å². The molecular weight excluding hydrogens is 366 g/mol. The van der Waals surface area contributed by atoms with Gasteiger partial charge in [0.25, 0.3) is 0 Å². The van der Waals surface area contributed by atoms with Gasteiger partial charge in [-0.1, -0.05) is 5.92 Å². The van der Waals surface area contributed by atoms with Crippen LogP contribution in [-0.4, -0.2) is 78.4 Å². The van der Waals surface area contributed by atoms with E-state index in [1.54, 1.807) is 0 Å². The number of carbonyl (C=O) groups is 2. The van der Waals surface area contributed by atoms with Gasteiger partial charge in [0.05, 0.1) is 59.3 Å². The lowest BCUT2D eigenvalue weighted by Gasteiger charge is -2.26. The fraction of sp³-hybridized carbons (Fsp3) is 0.800. The summed E-state index contributed by atoms with van der Waals surface area (Å²) >= 11 is 0. The fourth-order valence-electron chi connectivity index (χ4n) is 2.94. The Balaban J connectivity index is 1.87. The molecule has 0 atom stereocenters. The molecule has 0 aliphatic heterocycles. The Bertz CT molecular complexity index is 470. The van der Waals surface area contributed by atoms with E-state index in [1.165, 1.54) is 7.11 Å². The maximum Gasteiger partial charge on any atom is 0.308 e. The Hall–Kier alpha value is -1.66. The zero-order valence-corrected chi connectivity index (χ0v) is 16.8. The number of terminal acetylenes is 1. The second-order valence-corrected chi connectivity index (χ2v) is 6.46. The van der Waals surface area contributed by atoms with E-state index >= 15 is 0 Å². The van der Waals surface area contributed by atoms with E-state index in [0.717, 1.165) is 12.8 Å². The third-order valence-corrected chi connectivity index (χ3v) is 4.48. The Labute approximate surface area is 167 Å². The summed E-state index contributed by atoms with van der Waals surface area (Å²) in [6, 6.07) is 0. The average molecular weight is 399 g/mol. The molecule has 0 bridgehead atoms. The van der Waals surface area contributed by atoms with Gasteiger partial charge in [-0.05, 0) is 25.7 Å². The Morgan fingerprint density at radius 2 is 1.36 bits per heavy atom. The van der Waals surface area contributed by atoms with Crippen molar-refractivity contribution in [2.24, 2.45) is 11.8 Å². The van der Waals surface area contributed by atoms with Gasteiger partial charge in [-0.3, -0.25) is 9.59 Å². The van der Waals surface area contributed by atoms with Gasteiger partial charge < -0.3 is 29.0 Å². The molecule has 0 aromatic rings. The molecule has 1 saturated carbocycles. The molecule has 8 nitrogen and oxygen atoms in total. The molecule has 0 aromatic heterocycles. The Morgan fingerprint density at radius 1 is 0.857 bits per heavy atom. The number of methoxy groups -OCH3 is 1. The number of rotatable bonds is 15. The van der Waals surface area contributed by atoms with Crippen molar-refractivity contribution < 1.29 is 33.3 Å². The molecule has 8 heteroatoms. The number of hydrogen-bond donors (Lipinski definition) is 1. The van der Waals surface area contributed by atoms with Crippen LogP contribution in [0.2, 0.25) is 0 Å². The van der Waals surface area contributed by atoms with E-state index in [9.17, 15) is 9.59 Å². The van der Waals surface area contributed by atoms with E-state index in [4.69, 9.17) is 30.1 Å². The van der Waals surface area contributed by atoms with E-state index in [1.807, 2.05) is 0 Å². The first kappa shape index (κ1) is 24.4. The summed E-state index contributed by atoms with van der Waals surface area (Å²) in [6.07, 6.45) is 7.91. The number of esters is 1. The molecule has 0 radical (unpaired) electrons. The summed E-state index contributed by atoms with van der Waals surface area (Å²) in [7, 11) is 1.40. The van der Waals surface area contributed by atoms with Crippen molar-refractivity contribution in [1.29, 1.82) is 0 Å². The Kier molecular flexibility index (Phi) is 14.2. The molecule has 1 amide bonds. The molecule has 0 saturated heterocycles. The summed E-state index contributed by atoms with van der Waals surface area (Å²) in [5.41, 5.74) is 0. The number of amides is 1. The highest BCUT2D eigenvalue weighted by atomic mass is 16.6. The van der Waals surface area contributed by atoms with Crippen LogP contribution in [0.3, 0.4) is 0 Å². The number of carbonyl (C=O) groups excluding carboxylic acids is 2. The van der Waals surface area contributed by atoms with Crippen LogP contribution in [-0.2, 0) is 33.3 Å². The van der Waals surface area contributed by atoms with Crippen LogP contribution in [0, 0.1) is 24.2 Å². The van der Waals surface area contributed by atoms with Crippen molar-refractivity contribution in [3.63, 3.8) is 0 Å². The molecule has 0 spiro atoms. The zero-order chi connectivity index (χ0) is 20.5. The highest BCUT2D eigenvalue weighted by Gasteiger charge is 2.30. The highest BCUT2D eigenvalue weighted by Crippen LogP contribution is 2.29. The van der Waals surface area contributed by atoms with Crippen LogP contribution in [0.4, 0.5) is 0 Å². The van der Waals surface area contributed by atoms with Crippen LogP contribution >= 0.6 is 0 Å². The average Bonchev–Trinajstić information content (AvgIpc) is 2.73. The molecule has 0 heterocycles. The van der Waals surface area contributed by atoms with E-state index < -0.39 is 0 Å². The van der Waals surface area contributed by atoms with Crippen molar-refractivity contribution in [2.45, 2.75) is 25.7 Å². The lowest BCUT2D eigenvalue weighted by Crippen LogP contribution is -2.36. The van der Waals surface area contributed by atoms with E-state index in [-0.39, 0.29) is 23.7 Å². The van der Waals surface area contributed by atoms with Crippen molar-refractivity contribution in [2.75, 3.05) is 66.5 Å². The predicted molar refractivity (Wildman–Crippen MR) is 103 cm³/mol. The summed E-state index contributed by atoms with van der Waals surface area (Å²) in [6.45, 7) is 4.10. The number of nitrogens with one attached hydrogen (secondary N) is 1. The second kappa shape index (κ2) is 16.3. The summed E-state index contributed by atoms with van der Waals surface area (Å²) in [4.78, 5) is 23.6. The van der Waals surface area contributed by atoms with Crippen molar-refractivity contribution in [3.05, 3.63) is 0 Å². The largest absolute Gasteiger partial charge is 0.469 e. The SMILES string of the molecule is C#CCOCCOCCOCCOCCNC(=O)C1CCC(C(=O)OC)CC1. The lowest BCUT2D eigenvalue weighted by atomic mass is 9.81. The minimum atomic E-state index is -0.171. The molecule has 160 valence electrons. The van der Waals surface area contributed by atoms with Gasteiger partial charge in [0.15, 0.2) is 0 Å². The third-order valence-electron chi connectivity index (χ3n) is 4.48. The van der Waals surface area contributed by atoms with E-state index in [0.29, 0.717) is 72.2 Å². The zero-order valence-electron chi connectivity index (χ0n) is 16.8. The van der Waals surface area contributed by atoms with Gasteiger partial charge in [-0.25, -0.2) is 0 Å². The first-order valence-electron chi connectivity index (χ1n) is 9.79. The first-order valence-corrected chi connectivity index (χ1v) is 9.79. The maximum absolute atomic E-state index is 12.1. The highest BCUT2D eigenvalue weighted by molar-refractivity contribution is 5.79. The fourth-order valence-corrected chi connectivity index (χ4v) is 2.94. The molecule has 1 fully saturated rings. The van der Waals surface area contributed by atoms with Gasteiger partial charge in [0, 0.05) is 12.5 Å². The third kappa shape index (κ3) is 11.2. The van der Waals surface area contributed by atoms with Crippen LogP contribution in [0.15, 0.2) is 0 Å². The molecule has 1 rings (SSSR count). The molecule has 0 unspecified atom stereocenters. The standard InChI is InChI=1S/C20H33NO7/c1-3-9-25-11-13-27-15-16-28-14-12-26-10-8-21-19(22)17-4-6-18(7-5-17)20(23)24-2/h1,17-18H,4-16H2,2H3,(H,21,22). The maximum atomic E-state index is 12.1. The summed E-state index contributed by atoms with van der Waals surface area (Å²) in [5.74, 6) is 2.15.